The number of rotatable bonds is 8. The molecule has 0 aliphatic carbocycles. The van der Waals surface area contributed by atoms with Crippen LogP contribution in [-0.2, 0) is 24.3 Å². The van der Waals surface area contributed by atoms with Gasteiger partial charge in [-0.2, -0.15) is 0 Å². The summed E-state index contributed by atoms with van der Waals surface area (Å²) in [6.07, 6.45) is 3.49. The molecular weight excluding hydrogens is 364 g/mol. The summed E-state index contributed by atoms with van der Waals surface area (Å²) in [4.78, 5) is 15.8. The third kappa shape index (κ3) is 4.99. The normalized spacial score (nSPS) is 10.8. The molecule has 136 valence electrons. The van der Waals surface area contributed by atoms with Gasteiger partial charge in [0.1, 0.15) is 0 Å². The summed E-state index contributed by atoms with van der Waals surface area (Å²) in [7, 11) is 0. The van der Waals surface area contributed by atoms with Gasteiger partial charge in [0.2, 0.25) is 5.91 Å². The summed E-state index contributed by atoms with van der Waals surface area (Å²) in [6, 6.07) is 16.0. The fourth-order valence-electron chi connectivity index (χ4n) is 3.01. The maximum Gasteiger partial charge on any atom is 0.228 e. The van der Waals surface area contributed by atoms with Crippen LogP contribution in [0.3, 0.4) is 0 Å². The first kappa shape index (κ1) is 18.7. The topological polar surface area (TPSA) is 25.2 Å². The van der Waals surface area contributed by atoms with Crippen molar-refractivity contribution in [3.63, 3.8) is 0 Å². The SMILES string of the molecule is CCCN(Cc1cccn1Cc1cccc(Cl)c1)C(=O)Cc1cccs1. The van der Waals surface area contributed by atoms with E-state index in [9.17, 15) is 4.79 Å². The summed E-state index contributed by atoms with van der Waals surface area (Å²) in [5.41, 5.74) is 2.29. The Kier molecular flexibility index (Phi) is 6.53. The van der Waals surface area contributed by atoms with Crippen LogP contribution in [0, 0.1) is 0 Å². The second kappa shape index (κ2) is 9.06. The van der Waals surface area contributed by atoms with E-state index < -0.39 is 0 Å². The standard InChI is InChI=1S/C21H23ClN2OS/c1-2-10-24(21(25)14-20-9-5-12-26-20)16-19-8-4-11-23(19)15-17-6-3-7-18(22)13-17/h3-9,11-13H,2,10,14-16H2,1H3. The van der Waals surface area contributed by atoms with Crippen LogP contribution in [0.1, 0.15) is 29.5 Å². The van der Waals surface area contributed by atoms with E-state index in [0.717, 1.165) is 40.7 Å². The molecule has 0 aliphatic rings. The zero-order valence-electron chi connectivity index (χ0n) is 14.9. The zero-order valence-corrected chi connectivity index (χ0v) is 16.5. The molecule has 0 spiro atoms. The number of amides is 1. The number of hydrogen-bond acceptors (Lipinski definition) is 2. The molecule has 3 aromatic rings. The molecule has 0 unspecified atom stereocenters. The predicted octanol–water partition coefficient (Wildman–Crippen LogP) is 5.23. The van der Waals surface area contributed by atoms with Crippen molar-refractivity contribution in [1.82, 2.24) is 9.47 Å². The molecule has 0 bridgehead atoms. The number of aromatic nitrogens is 1. The number of hydrogen-bond donors (Lipinski definition) is 0. The van der Waals surface area contributed by atoms with E-state index in [1.807, 2.05) is 46.7 Å². The molecule has 0 atom stereocenters. The Bertz CT molecular complexity index is 841. The van der Waals surface area contributed by atoms with Gasteiger partial charge in [-0.3, -0.25) is 4.79 Å². The number of nitrogens with zero attached hydrogens (tertiary/aromatic N) is 2. The Balaban J connectivity index is 1.71. The lowest BCUT2D eigenvalue weighted by Crippen LogP contribution is -2.33. The van der Waals surface area contributed by atoms with Gasteiger partial charge in [0, 0.05) is 34.9 Å². The van der Waals surface area contributed by atoms with Gasteiger partial charge >= 0.3 is 0 Å². The highest BCUT2D eigenvalue weighted by Gasteiger charge is 2.16. The molecule has 0 radical (unpaired) electrons. The monoisotopic (exact) mass is 386 g/mol. The van der Waals surface area contributed by atoms with Gasteiger partial charge in [-0.25, -0.2) is 0 Å². The summed E-state index contributed by atoms with van der Waals surface area (Å²) in [6.45, 7) is 4.26. The molecule has 2 aromatic heterocycles. The van der Waals surface area contributed by atoms with Gasteiger partial charge in [0.25, 0.3) is 0 Å². The van der Waals surface area contributed by atoms with E-state index in [-0.39, 0.29) is 5.91 Å². The molecule has 0 N–H and O–H groups in total. The Morgan fingerprint density at radius 1 is 1.19 bits per heavy atom. The predicted molar refractivity (Wildman–Crippen MR) is 109 cm³/mol. The number of benzene rings is 1. The first-order valence-corrected chi connectivity index (χ1v) is 10.1. The molecule has 1 aromatic carbocycles. The lowest BCUT2D eigenvalue weighted by molar-refractivity contribution is -0.131. The van der Waals surface area contributed by atoms with Gasteiger partial charge in [-0.05, 0) is 47.7 Å². The highest BCUT2D eigenvalue weighted by atomic mass is 35.5. The first-order valence-electron chi connectivity index (χ1n) is 8.84. The summed E-state index contributed by atoms with van der Waals surface area (Å²) in [5, 5.41) is 2.76. The molecule has 5 heteroatoms. The average molecular weight is 387 g/mol. The van der Waals surface area contributed by atoms with E-state index in [0.29, 0.717) is 13.0 Å². The number of carbonyl (C=O) groups excluding carboxylic acids is 1. The van der Waals surface area contributed by atoms with Crippen LogP contribution in [0.5, 0.6) is 0 Å². The van der Waals surface area contributed by atoms with E-state index in [1.54, 1.807) is 11.3 Å². The van der Waals surface area contributed by atoms with E-state index in [2.05, 4.69) is 29.8 Å². The molecule has 0 fully saturated rings. The van der Waals surface area contributed by atoms with Crippen molar-refractivity contribution in [1.29, 1.82) is 0 Å². The number of halogens is 1. The smallest absolute Gasteiger partial charge is 0.228 e. The lowest BCUT2D eigenvalue weighted by Gasteiger charge is -2.23. The van der Waals surface area contributed by atoms with Crippen molar-refractivity contribution < 1.29 is 4.79 Å². The molecule has 0 saturated heterocycles. The fraction of sp³-hybridized carbons (Fsp3) is 0.286. The van der Waals surface area contributed by atoms with E-state index >= 15 is 0 Å². The Morgan fingerprint density at radius 2 is 2.08 bits per heavy atom. The summed E-state index contributed by atoms with van der Waals surface area (Å²) in [5.74, 6) is 0.185. The molecule has 3 nitrogen and oxygen atoms in total. The van der Waals surface area contributed by atoms with Crippen molar-refractivity contribution in [2.45, 2.75) is 32.9 Å². The third-order valence-corrected chi connectivity index (χ3v) is 5.38. The third-order valence-electron chi connectivity index (χ3n) is 4.27. The molecule has 0 saturated carbocycles. The summed E-state index contributed by atoms with van der Waals surface area (Å²) < 4.78 is 2.19. The second-order valence-corrected chi connectivity index (χ2v) is 7.80. The molecule has 26 heavy (non-hydrogen) atoms. The van der Waals surface area contributed by atoms with Gasteiger partial charge in [-0.15, -0.1) is 11.3 Å². The lowest BCUT2D eigenvalue weighted by atomic mass is 10.2. The zero-order chi connectivity index (χ0) is 18.4. The first-order chi connectivity index (χ1) is 12.7. The average Bonchev–Trinajstić information content (AvgIpc) is 3.27. The van der Waals surface area contributed by atoms with Crippen LogP contribution in [0.15, 0.2) is 60.1 Å². The molecule has 3 rings (SSSR count). The Labute approximate surface area is 163 Å². The summed E-state index contributed by atoms with van der Waals surface area (Å²) >= 11 is 7.73. The Morgan fingerprint density at radius 3 is 2.81 bits per heavy atom. The van der Waals surface area contributed by atoms with Crippen LogP contribution in [0.25, 0.3) is 0 Å². The minimum Gasteiger partial charge on any atom is -0.345 e. The van der Waals surface area contributed by atoms with E-state index in [1.165, 1.54) is 0 Å². The number of carbonyl (C=O) groups is 1. The number of thiophene rings is 1. The van der Waals surface area contributed by atoms with Crippen LogP contribution in [0.2, 0.25) is 5.02 Å². The van der Waals surface area contributed by atoms with Gasteiger partial charge in [0.15, 0.2) is 0 Å². The minimum absolute atomic E-state index is 0.185. The second-order valence-electron chi connectivity index (χ2n) is 6.33. The molecule has 0 aliphatic heterocycles. The van der Waals surface area contributed by atoms with Crippen molar-refractivity contribution >= 4 is 28.8 Å². The van der Waals surface area contributed by atoms with Gasteiger partial charge in [0.05, 0.1) is 13.0 Å². The Hall–Kier alpha value is -2.04. The van der Waals surface area contributed by atoms with Crippen LogP contribution >= 0.6 is 22.9 Å². The van der Waals surface area contributed by atoms with E-state index in [4.69, 9.17) is 11.6 Å². The minimum atomic E-state index is 0.185. The maximum atomic E-state index is 12.7. The van der Waals surface area contributed by atoms with Crippen LogP contribution in [-0.4, -0.2) is 21.9 Å². The van der Waals surface area contributed by atoms with Crippen molar-refractivity contribution in [3.8, 4) is 0 Å². The molecular formula is C21H23ClN2OS. The molecule has 1 amide bonds. The highest BCUT2D eigenvalue weighted by Crippen LogP contribution is 2.16. The largest absolute Gasteiger partial charge is 0.345 e. The fourth-order valence-corrected chi connectivity index (χ4v) is 3.92. The highest BCUT2D eigenvalue weighted by molar-refractivity contribution is 7.10. The molecule has 2 heterocycles. The quantitative estimate of drug-likeness (QED) is 0.520. The van der Waals surface area contributed by atoms with Crippen molar-refractivity contribution in [2.75, 3.05) is 6.54 Å². The maximum absolute atomic E-state index is 12.7. The van der Waals surface area contributed by atoms with Gasteiger partial charge < -0.3 is 9.47 Å². The van der Waals surface area contributed by atoms with Gasteiger partial charge in [-0.1, -0.05) is 36.7 Å². The van der Waals surface area contributed by atoms with Crippen LogP contribution in [0.4, 0.5) is 0 Å². The van der Waals surface area contributed by atoms with Crippen molar-refractivity contribution in [2.24, 2.45) is 0 Å². The van der Waals surface area contributed by atoms with Crippen LogP contribution < -0.4 is 0 Å². The van der Waals surface area contributed by atoms with Crippen molar-refractivity contribution in [3.05, 3.63) is 81.3 Å².